The topological polar surface area (TPSA) is 36.9 Å². The summed E-state index contributed by atoms with van der Waals surface area (Å²) >= 11 is 0. The highest BCUT2D eigenvalue weighted by Crippen LogP contribution is 2.50. The van der Waals surface area contributed by atoms with Gasteiger partial charge in [0.1, 0.15) is 6.79 Å². The van der Waals surface area contributed by atoms with E-state index >= 15 is 0 Å². The quantitative estimate of drug-likeness (QED) is 0.116. The highest BCUT2D eigenvalue weighted by atomic mass is 19.4. The molecule has 0 aliphatic heterocycles. The highest BCUT2D eigenvalue weighted by molar-refractivity contribution is 4.97. The predicted octanol–water partition coefficient (Wildman–Crippen LogP) is 7.70. The van der Waals surface area contributed by atoms with Crippen LogP contribution in [0.2, 0.25) is 0 Å². The summed E-state index contributed by atoms with van der Waals surface area (Å²) in [5.74, 6) is -1.39. The third-order valence-corrected chi connectivity index (χ3v) is 6.98. The Morgan fingerprint density at radius 2 is 1.30 bits per heavy atom. The number of hydrogen-bond acceptors (Lipinski definition) is 4. The van der Waals surface area contributed by atoms with Crippen LogP contribution in [-0.2, 0) is 18.9 Å². The van der Waals surface area contributed by atoms with Crippen LogP contribution < -0.4 is 0 Å². The van der Waals surface area contributed by atoms with Gasteiger partial charge < -0.3 is 18.9 Å². The Morgan fingerprint density at radius 3 is 1.73 bits per heavy atom. The summed E-state index contributed by atoms with van der Waals surface area (Å²) in [4.78, 5) is 0. The van der Waals surface area contributed by atoms with E-state index in [0.717, 1.165) is 6.92 Å². The molecule has 222 valence electrons. The fraction of sp³-hybridized carbons (Fsp3) is 1.00. The monoisotopic (exact) mass is 562 g/mol. The normalized spacial score (nSPS) is 24.3. The van der Waals surface area contributed by atoms with E-state index in [0.29, 0.717) is 19.3 Å². The van der Waals surface area contributed by atoms with Gasteiger partial charge in [0, 0.05) is 13.2 Å². The Hall–Kier alpha value is -0.790. The first kappa shape index (κ1) is 34.2. The Bertz CT molecular complexity index is 652. The minimum Gasteiger partial charge on any atom is -0.378 e. The van der Waals surface area contributed by atoms with Gasteiger partial charge in [-0.3, -0.25) is 0 Å². The molecule has 13 heteroatoms. The van der Waals surface area contributed by atoms with Crippen LogP contribution >= 0.6 is 0 Å². The van der Waals surface area contributed by atoms with E-state index < -0.39 is 55.5 Å². The molecular formula is C24H39F9O4. The predicted molar refractivity (Wildman–Crippen MR) is 118 cm³/mol. The third kappa shape index (κ3) is 9.13. The van der Waals surface area contributed by atoms with Gasteiger partial charge in [-0.15, -0.1) is 0 Å². The second-order valence-electron chi connectivity index (χ2n) is 10.4. The molecule has 0 spiro atoms. The van der Waals surface area contributed by atoms with Crippen molar-refractivity contribution in [3.8, 4) is 0 Å². The second-order valence-corrected chi connectivity index (χ2v) is 10.4. The minimum absolute atomic E-state index is 0.0799. The molecule has 4 nitrogen and oxygen atoms in total. The largest absolute Gasteiger partial charge is 0.426 e. The van der Waals surface area contributed by atoms with Crippen LogP contribution in [0.15, 0.2) is 0 Å². The van der Waals surface area contributed by atoms with Crippen LogP contribution in [0.1, 0.15) is 66.7 Å². The average molecular weight is 563 g/mol. The van der Waals surface area contributed by atoms with Gasteiger partial charge in [-0.05, 0) is 56.3 Å². The van der Waals surface area contributed by atoms with Crippen molar-refractivity contribution in [2.45, 2.75) is 96.5 Å². The summed E-state index contributed by atoms with van der Waals surface area (Å²) < 4.78 is 142. The van der Waals surface area contributed by atoms with E-state index in [1.165, 1.54) is 13.8 Å². The Morgan fingerprint density at radius 1 is 0.784 bits per heavy atom. The van der Waals surface area contributed by atoms with E-state index in [1.807, 2.05) is 6.92 Å². The van der Waals surface area contributed by atoms with Gasteiger partial charge in [-0.25, -0.2) is 0 Å². The standard InChI is InChI=1S/C24H39F9O4/c1-6-8-36-20(5,22(25,26)27)14-34-12-18-9-17(4)10-19(18)13-35-15-37-21(23(28,29)30,24(31,32)33)11-16(3)7-2/h16-19H,6-15H2,1-5H3. The van der Waals surface area contributed by atoms with E-state index in [1.54, 1.807) is 6.92 Å². The molecule has 0 aromatic heterocycles. The Balaban J connectivity index is 2.77. The zero-order chi connectivity index (χ0) is 28.7. The lowest BCUT2D eigenvalue weighted by atomic mass is 9.88. The van der Waals surface area contributed by atoms with Gasteiger partial charge in [0.2, 0.25) is 0 Å². The maximum Gasteiger partial charge on any atom is 0.426 e. The fourth-order valence-corrected chi connectivity index (χ4v) is 4.45. The molecule has 1 aliphatic carbocycles. The SMILES string of the molecule is CCCOC(C)(COCC1CC(C)CC1COCOC(CC(C)CC)(C(F)(F)F)C(F)(F)F)C(F)(F)F. The first-order chi connectivity index (χ1) is 16.8. The summed E-state index contributed by atoms with van der Waals surface area (Å²) in [6, 6.07) is 0. The Labute approximate surface area is 212 Å². The number of alkyl halides is 9. The van der Waals surface area contributed by atoms with E-state index in [2.05, 4.69) is 4.74 Å². The number of hydrogen-bond donors (Lipinski definition) is 0. The van der Waals surface area contributed by atoms with Gasteiger partial charge in [-0.2, -0.15) is 39.5 Å². The first-order valence-electron chi connectivity index (χ1n) is 12.5. The lowest BCUT2D eigenvalue weighted by Crippen LogP contribution is -2.59. The van der Waals surface area contributed by atoms with E-state index in [-0.39, 0.29) is 44.0 Å². The molecule has 5 unspecified atom stereocenters. The maximum absolute atomic E-state index is 13.6. The molecule has 5 atom stereocenters. The van der Waals surface area contributed by atoms with E-state index in [4.69, 9.17) is 14.2 Å². The van der Waals surface area contributed by atoms with Crippen LogP contribution in [0.3, 0.4) is 0 Å². The molecule has 0 bridgehead atoms. The fourth-order valence-electron chi connectivity index (χ4n) is 4.45. The minimum atomic E-state index is -5.71. The van der Waals surface area contributed by atoms with Crippen LogP contribution in [0.25, 0.3) is 0 Å². The van der Waals surface area contributed by atoms with Gasteiger partial charge >= 0.3 is 18.5 Å². The molecule has 37 heavy (non-hydrogen) atoms. The van der Waals surface area contributed by atoms with Crippen molar-refractivity contribution in [3.05, 3.63) is 0 Å². The lowest BCUT2D eigenvalue weighted by Gasteiger charge is -2.38. The van der Waals surface area contributed by atoms with Gasteiger partial charge in [0.05, 0.1) is 13.2 Å². The summed E-state index contributed by atoms with van der Waals surface area (Å²) in [5, 5.41) is 0. The molecule has 1 aliphatic rings. The summed E-state index contributed by atoms with van der Waals surface area (Å²) in [6.07, 6.45) is -15.8. The van der Waals surface area contributed by atoms with Crippen LogP contribution in [0.4, 0.5) is 39.5 Å². The molecule has 1 fully saturated rings. The third-order valence-electron chi connectivity index (χ3n) is 6.98. The Kier molecular flexibility index (Phi) is 12.5. The number of halogens is 9. The van der Waals surface area contributed by atoms with E-state index in [9.17, 15) is 39.5 Å². The smallest absolute Gasteiger partial charge is 0.378 e. The molecular weight excluding hydrogens is 523 g/mol. The molecule has 1 rings (SSSR count). The first-order valence-corrected chi connectivity index (χ1v) is 12.5. The van der Waals surface area contributed by atoms with Crippen molar-refractivity contribution in [1.82, 2.24) is 0 Å². The molecule has 1 saturated carbocycles. The van der Waals surface area contributed by atoms with Crippen molar-refractivity contribution < 1.29 is 58.5 Å². The van der Waals surface area contributed by atoms with Crippen LogP contribution in [0.5, 0.6) is 0 Å². The lowest BCUT2D eigenvalue weighted by molar-refractivity contribution is -0.397. The van der Waals surface area contributed by atoms with Gasteiger partial charge in [0.15, 0.2) is 5.60 Å². The molecule has 0 aromatic carbocycles. The van der Waals surface area contributed by atoms with Gasteiger partial charge in [0.25, 0.3) is 5.60 Å². The number of rotatable bonds is 15. The summed E-state index contributed by atoms with van der Waals surface area (Å²) in [5.41, 5.74) is -6.86. The average Bonchev–Trinajstić information content (AvgIpc) is 3.10. The highest BCUT2D eigenvalue weighted by Gasteiger charge is 2.72. The van der Waals surface area contributed by atoms with Crippen molar-refractivity contribution >= 4 is 0 Å². The van der Waals surface area contributed by atoms with Crippen molar-refractivity contribution in [2.75, 3.05) is 33.2 Å². The van der Waals surface area contributed by atoms with Crippen LogP contribution in [0, 0.1) is 23.7 Å². The second kappa shape index (κ2) is 13.5. The summed E-state index contributed by atoms with van der Waals surface area (Å²) in [7, 11) is 0. The molecule has 0 radical (unpaired) electrons. The molecule has 0 amide bonds. The van der Waals surface area contributed by atoms with Gasteiger partial charge in [-0.1, -0.05) is 34.1 Å². The molecule has 0 N–H and O–H groups in total. The van der Waals surface area contributed by atoms with Crippen molar-refractivity contribution in [1.29, 1.82) is 0 Å². The zero-order valence-corrected chi connectivity index (χ0v) is 21.9. The zero-order valence-electron chi connectivity index (χ0n) is 21.9. The molecule has 0 aromatic rings. The summed E-state index contributed by atoms with van der Waals surface area (Å²) in [6.45, 7) is 4.84. The maximum atomic E-state index is 13.6. The van der Waals surface area contributed by atoms with Crippen molar-refractivity contribution in [3.63, 3.8) is 0 Å². The number of ether oxygens (including phenoxy) is 4. The van der Waals surface area contributed by atoms with Crippen molar-refractivity contribution in [2.24, 2.45) is 23.7 Å². The van der Waals surface area contributed by atoms with Crippen LogP contribution in [-0.4, -0.2) is 63.0 Å². The molecule has 0 saturated heterocycles. The molecule has 0 heterocycles.